The van der Waals surface area contributed by atoms with Crippen LogP contribution in [0.25, 0.3) is 0 Å². The molecule has 3 N–H and O–H groups in total. The molecular formula is C16H21NO7S. The summed E-state index contributed by atoms with van der Waals surface area (Å²) in [5.41, 5.74) is 0.601. The van der Waals surface area contributed by atoms with Crippen LogP contribution in [0.3, 0.4) is 0 Å². The van der Waals surface area contributed by atoms with E-state index >= 15 is 0 Å². The van der Waals surface area contributed by atoms with Crippen molar-refractivity contribution in [3.8, 4) is 5.75 Å². The fourth-order valence-corrected chi connectivity index (χ4v) is 2.90. The Morgan fingerprint density at radius 3 is 2.52 bits per heavy atom. The number of carboxylic acids is 1. The van der Waals surface area contributed by atoms with E-state index in [-0.39, 0.29) is 29.2 Å². The SMILES string of the molecule is CCOC(=O)C=C(C)NC(C(=O)O)c1ccc(O)c(CS(C)(=O)=O)c1. The highest BCUT2D eigenvalue weighted by atomic mass is 32.2. The first kappa shape index (κ1) is 20.5. The molecule has 1 unspecified atom stereocenters. The number of aromatic hydroxyl groups is 1. The molecule has 0 saturated carbocycles. The lowest BCUT2D eigenvalue weighted by Gasteiger charge is -2.18. The van der Waals surface area contributed by atoms with Crippen LogP contribution in [-0.4, -0.2) is 43.4 Å². The number of carbonyl (C=O) groups excluding carboxylic acids is 1. The number of hydrogen-bond donors (Lipinski definition) is 3. The summed E-state index contributed by atoms with van der Waals surface area (Å²) >= 11 is 0. The Hall–Kier alpha value is -2.55. The Bertz CT molecular complexity index is 784. The number of aliphatic carboxylic acids is 1. The smallest absolute Gasteiger partial charge is 0.332 e. The monoisotopic (exact) mass is 371 g/mol. The van der Waals surface area contributed by atoms with Crippen LogP contribution in [0.4, 0.5) is 0 Å². The van der Waals surface area contributed by atoms with Crippen molar-refractivity contribution in [1.82, 2.24) is 5.32 Å². The van der Waals surface area contributed by atoms with Crippen molar-refractivity contribution in [3.05, 3.63) is 41.1 Å². The fraction of sp³-hybridized carbons (Fsp3) is 0.375. The topological polar surface area (TPSA) is 130 Å². The quantitative estimate of drug-likeness (QED) is 0.458. The zero-order chi connectivity index (χ0) is 19.2. The summed E-state index contributed by atoms with van der Waals surface area (Å²) in [6, 6.07) is 2.67. The number of ether oxygens (including phenoxy) is 1. The highest BCUT2D eigenvalue weighted by Crippen LogP contribution is 2.25. The fourth-order valence-electron chi connectivity index (χ4n) is 2.10. The maximum absolute atomic E-state index is 11.5. The molecule has 1 atom stereocenters. The zero-order valence-electron chi connectivity index (χ0n) is 14.1. The third-order valence-corrected chi connectivity index (χ3v) is 3.93. The van der Waals surface area contributed by atoms with Gasteiger partial charge in [-0.05, 0) is 31.5 Å². The van der Waals surface area contributed by atoms with Crippen LogP contribution in [-0.2, 0) is 29.9 Å². The molecule has 1 rings (SSSR count). The van der Waals surface area contributed by atoms with E-state index in [4.69, 9.17) is 4.74 Å². The van der Waals surface area contributed by atoms with E-state index in [0.717, 1.165) is 12.3 Å². The van der Waals surface area contributed by atoms with E-state index in [1.54, 1.807) is 6.92 Å². The number of allylic oxidation sites excluding steroid dienone is 1. The molecule has 138 valence electrons. The number of carboxylic acid groups (broad SMARTS) is 1. The van der Waals surface area contributed by atoms with Gasteiger partial charge in [-0.15, -0.1) is 0 Å². The van der Waals surface area contributed by atoms with Gasteiger partial charge >= 0.3 is 11.9 Å². The molecule has 25 heavy (non-hydrogen) atoms. The highest BCUT2D eigenvalue weighted by molar-refractivity contribution is 7.89. The van der Waals surface area contributed by atoms with Crippen molar-refractivity contribution in [2.75, 3.05) is 12.9 Å². The largest absolute Gasteiger partial charge is 0.508 e. The van der Waals surface area contributed by atoms with E-state index in [1.807, 2.05) is 0 Å². The Labute approximate surface area is 146 Å². The second kappa shape index (κ2) is 8.52. The average Bonchev–Trinajstić information content (AvgIpc) is 2.45. The number of phenols is 1. The normalized spacial score (nSPS) is 13.2. The van der Waals surface area contributed by atoms with Crippen LogP contribution in [0.1, 0.15) is 31.0 Å². The molecule has 0 aliphatic heterocycles. The van der Waals surface area contributed by atoms with Gasteiger partial charge in [0.2, 0.25) is 0 Å². The van der Waals surface area contributed by atoms with E-state index in [9.17, 15) is 28.2 Å². The van der Waals surface area contributed by atoms with Crippen LogP contribution in [0.15, 0.2) is 30.0 Å². The molecule has 8 nitrogen and oxygen atoms in total. The Kier molecular flexibility index (Phi) is 6.98. The summed E-state index contributed by atoms with van der Waals surface area (Å²) in [5, 5.41) is 21.9. The molecular weight excluding hydrogens is 350 g/mol. The lowest BCUT2D eigenvalue weighted by Crippen LogP contribution is -2.27. The molecule has 0 aliphatic rings. The molecule has 1 aromatic carbocycles. The number of hydrogen-bond acceptors (Lipinski definition) is 7. The lowest BCUT2D eigenvalue weighted by molar-refractivity contribution is -0.140. The van der Waals surface area contributed by atoms with Gasteiger partial charge in [-0.25, -0.2) is 18.0 Å². The van der Waals surface area contributed by atoms with Crippen molar-refractivity contribution in [2.45, 2.75) is 25.6 Å². The number of benzene rings is 1. The minimum atomic E-state index is -3.41. The van der Waals surface area contributed by atoms with Crippen molar-refractivity contribution in [1.29, 1.82) is 0 Å². The molecule has 0 heterocycles. The van der Waals surface area contributed by atoms with Gasteiger partial charge in [0.1, 0.15) is 11.8 Å². The third-order valence-electron chi connectivity index (χ3n) is 3.09. The van der Waals surface area contributed by atoms with Gasteiger partial charge in [0.05, 0.1) is 12.4 Å². The predicted octanol–water partition coefficient (Wildman–Crippen LogP) is 1.12. The molecule has 0 amide bonds. The molecule has 0 aliphatic carbocycles. The number of sulfone groups is 1. The third kappa shape index (κ3) is 6.84. The summed E-state index contributed by atoms with van der Waals surface area (Å²) in [7, 11) is -3.41. The van der Waals surface area contributed by atoms with Gasteiger partial charge in [-0.1, -0.05) is 6.07 Å². The highest BCUT2D eigenvalue weighted by Gasteiger charge is 2.22. The van der Waals surface area contributed by atoms with Crippen LogP contribution >= 0.6 is 0 Å². The summed E-state index contributed by atoms with van der Waals surface area (Å²) in [4.78, 5) is 23.0. The van der Waals surface area contributed by atoms with E-state index < -0.39 is 33.6 Å². The maximum Gasteiger partial charge on any atom is 0.332 e. The molecule has 1 aromatic rings. The van der Waals surface area contributed by atoms with Crippen LogP contribution in [0.5, 0.6) is 5.75 Å². The standard InChI is InChI=1S/C16H21NO7S/c1-4-24-14(19)7-10(2)17-15(16(20)21)11-5-6-13(18)12(8-11)9-25(3,22)23/h5-8,15,17-18H,4,9H2,1-3H3,(H,20,21). The minimum Gasteiger partial charge on any atom is -0.508 e. The maximum atomic E-state index is 11.5. The lowest BCUT2D eigenvalue weighted by atomic mass is 10.0. The first-order valence-electron chi connectivity index (χ1n) is 7.37. The first-order chi connectivity index (χ1) is 11.5. The van der Waals surface area contributed by atoms with Crippen LogP contribution < -0.4 is 5.32 Å². The van der Waals surface area contributed by atoms with Gasteiger partial charge in [-0.2, -0.15) is 0 Å². The minimum absolute atomic E-state index is 0.0973. The van der Waals surface area contributed by atoms with Crippen LogP contribution in [0.2, 0.25) is 0 Å². The summed E-state index contributed by atoms with van der Waals surface area (Å²) in [5.74, 6) is -2.50. The first-order valence-corrected chi connectivity index (χ1v) is 9.43. The predicted molar refractivity (Wildman–Crippen MR) is 90.6 cm³/mol. The van der Waals surface area contributed by atoms with Crippen molar-refractivity contribution in [3.63, 3.8) is 0 Å². The van der Waals surface area contributed by atoms with Crippen LogP contribution in [0, 0.1) is 0 Å². The summed E-state index contributed by atoms with van der Waals surface area (Å²) < 4.78 is 27.6. The Morgan fingerprint density at radius 1 is 1.36 bits per heavy atom. The van der Waals surface area contributed by atoms with Gasteiger partial charge < -0.3 is 20.3 Å². The van der Waals surface area contributed by atoms with Gasteiger partial charge in [0.25, 0.3) is 0 Å². The molecule has 9 heteroatoms. The van der Waals surface area contributed by atoms with E-state index in [2.05, 4.69) is 5.32 Å². The Morgan fingerprint density at radius 2 is 2.00 bits per heavy atom. The number of esters is 1. The molecule has 0 saturated heterocycles. The number of rotatable bonds is 8. The van der Waals surface area contributed by atoms with Crippen molar-refractivity contribution < 1.29 is 33.0 Å². The second-order valence-electron chi connectivity index (χ2n) is 5.45. The molecule has 0 radical (unpaired) electrons. The van der Waals surface area contributed by atoms with Crippen molar-refractivity contribution in [2.24, 2.45) is 0 Å². The van der Waals surface area contributed by atoms with E-state index in [1.165, 1.54) is 25.1 Å². The number of phenolic OH excluding ortho intramolecular Hbond substituents is 1. The van der Waals surface area contributed by atoms with Gasteiger partial charge in [-0.3, -0.25) is 0 Å². The summed E-state index contributed by atoms with van der Waals surface area (Å²) in [6.45, 7) is 3.34. The summed E-state index contributed by atoms with van der Waals surface area (Å²) in [6.07, 6.45) is 2.13. The second-order valence-corrected chi connectivity index (χ2v) is 7.59. The zero-order valence-corrected chi connectivity index (χ0v) is 15.0. The average molecular weight is 371 g/mol. The molecule has 0 spiro atoms. The van der Waals surface area contributed by atoms with Crippen molar-refractivity contribution >= 4 is 21.8 Å². The molecule has 0 aromatic heterocycles. The number of nitrogens with one attached hydrogen (secondary N) is 1. The number of carbonyl (C=O) groups is 2. The van der Waals surface area contributed by atoms with Gasteiger partial charge in [0.15, 0.2) is 9.84 Å². The van der Waals surface area contributed by atoms with Gasteiger partial charge in [0, 0.05) is 23.6 Å². The molecule has 0 fully saturated rings. The van der Waals surface area contributed by atoms with E-state index in [0.29, 0.717) is 0 Å². The Balaban J connectivity index is 3.13. The molecule has 0 bridgehead atoms.